The number of ether oxygens (including phenoxy) is 2. The first-order valence-corrected chi connectivity index (χ1v) is 11.7. The lowest BCUT2D eigenvalue weighted by Crippen LogP contribution is -2.17. The van der Waals surface area contributed by atoms with E-state index in [2.05, 4.69) is 10.0 Å². The number of halogens is 1. The van der Waals surface area contributed by atoms with E-state index >= 15 is 0 Å². The van der Waals surface area contributed by atoms with Crippen molar-refractivity contribution in [2.75, 3.05) is 24.3 Å². The van der Waals surface area contributed by atoms with E-state index in [1.54, 1.807) is 48.5 Å². The Morgan fingerprint density at radius 2 is 1.67 bits per heavy atom. The molecule has 1 fully saturated rings. The zero-order valence-electron chi connectivity index (χ0n) is 18.0. The van der Waals surface area contributed by atoms with Crippen molar-refractivity contribution in [2.45, 2.75) is 17.2 Å². The van der Waals surface area contributed by atoms with Gasteiger partial charge in [-0.25, -0.2) is 12.8 Å². The highest BCUT2D eigenvalue weighted by Crippen LogP contribution is 2.48. The van der Waals surface area contributed by atoms with E-state index in [9.17, 15) is 17.6 Å². The molecule has 0 aliphatic heterocycles. The van der Waals surface area contributed by atoms with Crippen molar-refractivity contribution in [3.8, 4) is 11.5 Å². The number of carbonyl (C=O) groups excluding carboxylic acids is 1. The van der Waals surface area contributed by atoms with Crippen LogP contribution in [0.2, 0.25) is 0 Å². The normalized spacial score (nSPS) is 17.2. The van der Waals surface area contributed by atoms with Crippen LogP contribution in [0.4, 0.5) is 15.8 Å². The van der Waals surface area contributed by atoms with E-state index in [0.717, 1.165) is 0 Å². The second kappa shape index (κ2) is 9.11. The van der Waals surface area contributed by atoms with Gasteiger partial charge in [0.25, 0.3) is 10.0 Å². The van der Waals surface area contributed by atoms with Gasteiger partial charge >= 0.3 is 0 Å². The highest BCUT2D eigenvalue weighted by Gasteiger charge is 2.45. The Morgan fingerprint density at radius 3 is 2.33 bits per heavy atom. The molecule has 2 N–H and O–H groups in total. The van der Waals surface area contributed by atoms with Crippen LogP contribution in [0.3, 0.4) is 0 Å². The van der Waals surface area contributed by atoms with Crippen LogP contribution in [-0.2, 0) is 14.8 Å². The van der Waals surface area contributed by atoms with Crippen LogP contribution in [0.25, 0.3) is 0 Å². The highest BCUT2D eigenvalue weighted by molar-refractivity contribution is 7.92. The predicted molar refractivity (Wildman–Crippen MR) is 123 cm³/mol. The number of nitrogens with one attached hydrogen (secondary N) is 2. The fraction of sp³-hybridized carbons (Fsp3) is 0.208. The van der Waals surface area contributed by atoms with Gasteiger partial charge in [0, 0.05) is 17.3 Å². The number of hydrogen-bond acceptors (Lipinski definition) is 5. The number of anilines is 2. The molecule has 1 amide bonds. The van der Waals surface area contributed by atoms with Gasteiger partial charge in [-0.15, -0.1) is 0 Å². The summed E-state index contributed by atoms with van der Waals surface area (Å²) in [6, 6.07) is 17.2. The number of sulfonamides is 1. The van der Waals surface area contributed by atoms with Gasteiger partial charge in [-0.1, -0.05) is 18.2 Å². The van der Waals surface area contributed by atoms with Gasteiger partial charge in [0.2, 0.25) is 5.91 Å². The van der Waals surface area contributed by atoms with Gasteiger partial charge in [-0.2, -0.15) is 0 Å². The summed E-state index contributed by atoms with van der Waals surface area (Å²) in [5.74, 6) is -0.468. The van der Waals surface area contributed by atoms with Crippen molar-refractivity contribution in [3.63, 3.8) is 0 Å². The summed E-state index contributed by atoms with van der Waals surface area (Å²) in [6.45, 7) is 0. The van der Waals surface area contributed by atoms with Crippen molar-refractivity contribution >= 4 is 27.3 Å². The van der Waals surface area contributed by atoms with Gasteiger partial charge in [0.1, 0.15) is 22.2 Å². The Kier molecular flexibility index (Phi) is 6.24. The summed E-state index contributed by atoms with van der Waals surface area (Å²) < 4.78 is 52.8. The van der Waals surface area contributed by atoms with Crippen LogP contribution in [0.1, 0.15) is 17.9 Å². The van der Waals surface area contributed by atoms with Crippen molar-refractivity contribution in [2.24, 2.45) is 5.92 Å². The molecule has 33 heavy (non-hydrogen) atoms. The average Bonchev–Trinajstić information content (AvgIpc) is 3.60. The molecule has 9 heteroatoms. The summed E-state index contributed by atoms with van der Waals surface area (Å²) in [5.41, 5.74) is 1.16. The topological polar surface area (TPSA) is 93.7 Å². The predicted octanol–water partition coefficient (Wildman–Crippen LogP) is 4.39. The van der Waals surface area contributed by atoms with Crippen molar-refractivity contribution in [3.05, 3.63) is 78.1 Å². The number of benzene rings is 3. The average molecular weight is 471 g/mol. The number of rotatable bonds is 8. The van der Waals surface area contributed by atoms with Gasteiger partial charge in [-0.05, 0) is 66.4 Å². The largest absolute Gasteiger partial charge is 0.497 e. The molecule has 3 aromatic carbocycles. The maximum absolute atomic E-state index is 14.0. The first-order valence-electron chi connectivity index (χ1n) is 10.2. The van der Waals surface area contributed by atoms with Crippen LogP contribution in [-0.4, -0.2) is 28.5 Å². The van der Waals surface area contributed by atoms with Crippen LogP contribution in [0, 0.1) is 11.7 Å². The Labute approximate surface area is 191 Å². The molecule has 0 radical (unpaired) electrons. The molecule has 0 saturated heterocycles. The lowest BCUT2D eigenvalue weighted by molar-refractivity contribution is -0.117. The third-order valence-corrected chi connectivity index (χ3v) is 6.90. The molecule has 0 aromatic heterocycles. The molecule has 172 valence electrons. The summed E-state index contributed by atoms with van der Waals surface area (Å²) in [5, 5.41) is 2.74. The van der Waals surface area contributed by atoms with Gasteiger partial charge < -0.3 is 14.8 Å². The monoisotopic (exact) mass is 470 g/mol. The number of hydrogen-bond donors (Lipinski definition) is 2. The van der Waals surface area contributed by atoms with E-state index in [1.165, 1.54) is 32.4 Å². The summed E-state index contributed by atoms with van der Waals surface area (Å²) in [6.07, 6.45) is 0.535. The maximum atomic E-state index is 14.0. The molecule has 0 bridgehead atoms. The fourth-order valence-corrected chi connectivity index (χ4v) is 4.93. The van der Waals surface area contributed by atoms with E-state index in [1.807, 2.05) is 0 Å². The van der Waals surface area contributed by atoms with Gasteiger partial charge in [0.05, 0.1) is 14.2 Å². The smallest absolute Gasteiger partial charge is 0.265 e. The molecule has 0 heterocycles. The molecule has 1 aliphatic carbocycles. The minimum atomic E-state index is -4.01. The lowest BCUT2D eigenvalue weighted by Gasteiger charge is -2.14. The Morgan fingerprint density at radius 1 is 0.970 bits per heavy atom. The summed E-state index contributed by atoms with van der Waals surface area (Å²) in [7, 11) is -1.13. The Balaban J connectivity index is 1.51. The standard InChI is InChI=1S/C24H23FN2O5S/c1-31-17-10-7-15(8-11-17)27-33(29,30)23-13-16(9-12-22(23)32-2)26-24(28)20-14-19(20)18-5-3-4-6-21(18)25/h3-13,19-20,27H,14H2,1-2H3,(H,26,28). The van der Waals surface area contributed by atoms with Crippen LogP contribution in [0.15, 0.2) is 71.6 Å². The third-order valence-electron chi connectivity index (χ3n) is 5.49. The maximum Gasteiger partial charge on any atom is 0.265 e. The SMILES string of the molecule is COc1ccc(NS(=O)(=O)c2cc(NC(=O)C3CC3c3ccccc3F)ccc2OC)cc1. The Hall–Kier alpha value is -3.59. The minimum absolute atomic E-state index is 0.125. The third kappa shape index (κ3) is 4.93. The molecule has 1 aliphatic rings. The first kappa shape index (κ1) is 22.6. The first-order chi connectivity index (χ1) is 15.8. The quantitative estimate of drug-likeness (QED) is 0.509. The second-order valence-electron chi connectivity index (χ2n) is 7.66. The summed E-state index contributed by atoms with van der Waals surface area (Å²) >= 11 is 0. The zero-order chi connectivity index (χ0) is 23.6. The van der Waals surface area contributed by atoms with Crippen molar-refractivity contribution < 1.29 is 27.1 Å². The van der Waals surface area contributed by atoms with Crippen LogP contribution < -0.4 is 19.5 Å². The number of methoxy groups -OCH3 is 2. The van der Waals surface area contributed by atoms with E-state index in [-0.39, 0.29) is 34.2 Å². The molecule has 2 unspecified atom stereocenters. The van der Waals surface area contributed by atoms with E-state index in [4.69, 9.17) is 9.47 Å². The van der Waals surface area contributed by atoms with Crippen LogP contribution >= 0.6 is 0 Å². The molecule has 2 atom stereocenters. The minimum Gasteiger partial charge on any atom is -0.497 e. The highest BCUT2D eigenvalue weighted by atomic mass is 32.2. The van der Waals surface area contributed by atoms with Gasteiger partial charge in [0.15, 0.2) is 0 Å². The molecule has 0 spiro atoms. The van der Waals surface area contributed by atoms with Crippen LogP contribution in [0.5, 0.6) is 11.5 Å². The molecule has 3 aromatic rings. The van der Waals surface area contributed by atoms with Crippen molar-refractivity contribution in [1.82, 2.24) is 0 Å². The molecule has 4 rings (SSSR count). The lowest BCUT2D eigenvalue weighted by atomic mass is 10.1. The zero-order valence-corrected chi connectivity index (χ0v) is 18.9. The number of carbonyl (C=O) groups is 1. The molecule has 1 saturated carbocycles. The Bertz CT molecular complexity index is 1280. The van der Waals surface area contributed by atoms with E-state index in [0.29, 0.717) is 29.1 Å². The molecule has 7 nitrogen and oxygen atoms in total. The molecular weight excluding hydrogens is 447 g/mol. The molecular formula is C24H23FN2O5S. The van der Waals surface area contributed by atoms with E-state index < -0.39 is 10.0 Å². The fourth-order valence-electron chi connectivity index (χ4n) is 3.67. The number of amides is 1. The van der Waals surface area contributed by atoms with Crippen molar-refractivity contribution in [1.29, 1.82) is 0 Å². The summed E-state index contributed by atoms with van der Waals surface area (Å²) in [4.78, 5) is 12.6. The van der Waals surface area contributed by atoms with Gasteiger partial charge in [-0.3, -0.25) is 9.52 Å². The second-order valence-corrected chi connectivity index (χ2v) is 9.31.